The van der Waals surface area contributed by atoms with Crippen LogP contribution in [0, 0.1) is 16.1 Å². The molecule has 102 valence electrons. The Balaban J connectivity index is 1.66. The van der Waals surface area contributed by atoms with Gasteiger partial charge in [0.25, 0.3) is 0 Å². The number of anilines is 1. The molecule has 2 N–H and O–H groups in total. The van der Waals surface area contributed by atoms with Gasteiger partial charge < -0.3 is 9.88 Å². The van der Waals surface area contributed by atoms with Gasteiger partial charge in [0.15, 0.2) is 4.77 Å². The molecular formula is C13H14N6S. The van der Waals surface area contributed by atoms with Crippen molar-refractivity contribution in [1.82, 2.24) is 19.7 Å². The van der Waals surface area contributed by atoms with Gasteiger partial charge in [-0.3, -0.25) is 5.10 Å². The average Bonchev–Trinajstić information content (AvgIpc) is 3.24. The molecule has 0 amide bonds. The number of H-pyrrole nitrogens is 1. The molecule has 0 bridgehead atoms. The minimum absolute atomic E-state index is 0.515. The number of nitrogens with one attached hydrogen (secondary N) is 2. The highest BCUT2D eigenvalue weighted by Gasteiger charge is 2.26. The van der Waals surface area contributed by atoms with Gasteiger partial charge in [0.2, 0.25) is 0 Å². The molecule has 1 aliphatic carbocycles. The molecule has 1 saturated carbocycles. The molecule has 6 nitrogen and oxygen atoms in total. The fourth-order valence-electron chi connectivity index (χ4n) is 2.15. The fourth-order valence-corrected chi connectivity index (χ4v) is 2.45. The maximum Gasteiger partial charge on any atom is 0.195 e. The van der Waals surface area contributed by atoms with Gasteiger partial charge in [0.1, 0.15) is 17.7 Å². The lowest BCUT2D eigenvalue weighted by molar-refractivity contribution is 0.673. The van der Waals surface area contributed by atoms with Crippen LogP contribution < -0.4 is 5.32 Å². The molecule has 0 aliphatic heterocycles. The Morgan fingerprint density at radius 2 is 2.40 bits per heavy atom. The molecule has 0 atom stereocenters. The summed E-state index contributed by atoms with van der Waals surface area (Å²) in [5, 5.41) is 19.3. The van der Waals surface area contributed by atoms with Crippen molar-refractivity contribution in [3.63, 3.8) is 0 Å². The highest BCUT2D eigenvalue weighted by Crippen LogP contribution is 2.35. The number of hydrogen-bond acceptors (Lipinski definition) is 5. The van der Waals surface area contributed by atoms with Gasteiger partial charge in [-0.25, -0.2) is 4.98 Å². The third-order valence-corrected chi connectivity index (χ3v) is 3.55. The van der Waals surface area contributed by atoms with Crippen LogP contribution in [0.1, 0.15) is 30.3 Å². The van der Waals surface area contributed by atoms with E-state index >= 15 is 0 Å². The minimum Gasteiger partial charge on any atom is -0.369 e. The number of pyridine rings is 1. The SMILES string of the molecule is N#Cc1cccnc1NCCc1n[nH]c(=S)n1C1CC1. The van der Waals surface area contributed by atoms with Crippen molar-refractivity contribution in [2.45, 2.75) is 25.3 Å². The van der Waals surface area contributed by atoms with Crippen LogP contribution in [0.3, 0.4) is 0 Å². The maximum absolute atomic E-state index is 9.00. The zero-order valence-electron chi connectivity index (χ0n) is 10.8. The lowest BCUT2D eigenvalue weighted by atomic mass is 10.3. The lowest BCUT2D eigenvalue weighted by Gasteiger charge is -2.07. The zero-order chi connectivity index (χ0) is 13.9. The van der Waals surface area contributed by atoms with Crippen LogP contribution in [0.25, 0.3) is 0 Å². The number of nitrogens with zero attached hydrogens (tertiary/aromatic N) is 4. The van der Waals surface area contributed by atoms with Gasteiger partial charge in [0.05, 0.1) is 5.56 Å². The number of rotatable bonds is 5. The van der Waals surface area contributed by atoms with Crippen molar-refractivity contribution in [3.05, 3.63) is 34.5 Å². The first-order chi connectivity index (χ1) is 9.79. The monoisotopic (exact) mass is 286 g/mol. The molecule has 2 aromatic heterocycles. The summed E-state index contributed by atoms with van der Waals surface area (Å²) in [7, 11) is 0. The summed E-state index contributed by atoms with van der Waals surface area (Å²) in [4.78, 5) is 4.17. The molecule has 0 spiro atoms. The van der Waals surface area contributed by atoms with Crippen LogP contribution in [-0.2, 0) is 6.42 Å². The largest absolute Gasteiger partial charge is 0.369 e. The Morgan fingerprint density at radius 3 is 3.15 bits per heavy atom. The zero-order valence-corrected chi connectivity index (χ0v) is 11.7. The van der Waals surface area contributed by atoms with E-state index in [-0.39, 0.29) is 0 Å². The predicted molar refractivity (Wildman–Crippen MR) is 76.8 cm³/mol. The topological polar surface area (TPSA) is 82.3 Å². The molecule has 0 saturated heterocycles. The van der Waals surface area contributed by atoms with Crippen molar-refractivity contribution in [2.75, 3.05) is 11.9 Å². The number of nitriles is 1. The van der Waals surface area contributed by atoms with Gasteiger partial charge >= 0.3 is 0 Å². The van der Waals surface area contributed by atoms with E-state index in [9.17, 15) is 0 Å². The summed E-state index contributed by atoms with van der Waals surface area (Å²) in [5.41, 5.74) is 0.550. The van der Waals surface area contributed by atoms with E-state index in [1.54, 1.807) is 18.3 Å². The summed E-state index contributed by atoms with van der Waals surface area (Å²) in [6.45, 7) is 0.665. The third-order valence-electron chi connectivity index (χ3n) is 3.26. The molecule has 2 heterocycles. The molecule has 7 heteroatoms. The van der Waals surface area contributed by atoms with Gasteiger partial charge in [-0.1, -0.05) is 0 Å². The third kappa shape index (κ3) is 2.56. The highest BCUT2D eigenvalue weighted by molar-refractivity contribution is 7.71. The van der Waals surface area contributed by atoms with Crippen LogP contribution in [0.4, 0.5) is 5.82 Å². The van der Waals surface area contributed by atoms with Crippen LogP contribution >= 0.6 is 12.2 Å². The van der Waals surface area contributed by atoms with E-state index in [1.165, 1.54) is 12.8 Å². The molecular weight excluding hydrogens is 272 g/mol. The molecule has 3 rings (SSSR count). The maximum atomic E-state index is 9.00. The Bertz CT molecular complexity index is 706. The lowest BCUT2D eigenvalue weighted by Crippen LogP contribution is -2.11. The van der Waals surface area contributed by atoms with Crippen molar-refractivity contribution < 1.29 is 0 Å². The van der Waals surface area contributed by atoms with Gasteiger partial charge in [-0.15, -0.1) is 0 Å². The summed E-state index contributed by atoms with van der Waals surface area (Å²) in [5.74, 6) is 1.57. The van der Waals surface area contributed by atoms with Gasteiger partial charge in [-0.2, -0.15) is 10.4 Å². The van der Waals surface area contributed by atoms with Crippen LogP contribution in [-0.4, -0.2) is 26.3 Å². The van der Waals surface area contributed by atoms with E-state index in [4.69, 9.17) is 17.5 Å². The molecule has 1 aliphatic rings. The summed E-state index contributed by atoms with van der Waals surface area (Å²) in [6.07, 6.45) is 4.76. The normalized spacial score (nSPS) is 13.9. The van der Waals surface area contributed by atoms with Crippen molar-refractivity contribution in [2.24, 2.45) is 0 Å². The summed E-state index contributed by atoms with van der Waals surface area (Å²) >= 11 is 5.24. The smallest absolute Gasteiger partial charge is 0.195 e. The van der Waals surface area contributed by atoms with E-state index in [0.29, 0.717) is 28.7 Å². The molecule has 2 aromatic rings. The first-order valence-corrected chi connectivity index (χ1v) is 6.95. The second kappa shape index (κ2) is 5.43. The fraction of sp³-hybridized carbons (Fsp3) is 0.385. The van der Waals surface area contributed by atoms with E-state index in [0.717, 1.165) is 12.2 Å². The van der Waals surface area contributed by atoms with Crippen LogP contribution in [0.2, 0.25) is 0 Å². The van der Waals surface area contributed by atoms with Crippen LogP contribution in [0.5, 0.6) is 0 Å². The standard InChI is InChI=1S/C13H14N6S/c14-8-9-2-1-6-15-12(9)16-7-5-11-17-18-13(20)19(11)10-3-4-10/h1-2,6,10H,3-5,7H2,(H,15,16)(H,18,20). The van der Waals surface area contributed by atoms with E-state index in [1.807, 2.05) is 0 Å². The average molecular weight is 286 g/mol. The Hall–Kier alpha value is -2.20. The van der Waals surface area contributed by atoms with Gasteiger partial charge in [-0.05, 0) is 37.2 Å². The summed E-state index contributed by atoms with van der Waals surface area (Å²) in [6, 6.07) is 6.13. The minimum atomic E-state index is 0.515. The molecule has 0 unspecified atom stereocenters. The molecule has 1 fully saturated rings. The first-order valence-electron chi connectivity index (χ1n) is 6.54. The Kier molecular flexibility index (Phi) is 3.48. The second-order valence-corrected chi connectivity index (χ2v) is 5.12. The number of aromatic amines is 1. The second-order valence-electron chi connectivity index (χ2n) is 4.73. The van der Waals surface area contributed by atoms with Gasteiger partial charge in [0, 0.05) is 25.2 Å². The van der Waals surface area contributed by atoms with Crippen molar-refractivity contribution >= 4 is 18.0 Å². The predicted octanol–water partition coefficient (Wildman–Crippen LogP) is 2.20. The summed E-state index contributed by atoms with van der Waals surface area (Å²) < 4.78 is 2.79. The first kappa shape index (κ1) is 12.8. The van der Waals surface area contributed by atoms with Crippen molar-refractivity contribution in [3.8, 4) is 6.07 Å². The quantitative estimate of drug-likeness (QED) is 0.823. The number of aromatic nitrogens is 4. The van der Waals surface area contributed by atoms with Crippen LogP contribution in [0.15, 0.2) is 18.3 Å². The Labute approximate surface area is 121 Å². The molecule has 0 radical (unpaired) electrons. The molecule has 20 heavy (non-hydrogen) atoms. The van der Waals surface area contributed by atoms with E-state index in [2.05, 4.69) is 31.1 Å². The Morgan fingerprint density at radius 1 is 1.55 bits per heavy atom. The number of hydrogen-bond donors (Lipinski definition) is 2. The highest BCUT2D eigenvalue weighted by atomic mass is 32.1. The molecule has 0 aromatic carbocycles. The van der Waals surface area contributed by atoms with E-state index < -0.39 is 0 Å². The van der Waals surface area contributed by atoms with Crippen molar-refractivity contribution in [1.29, 1.82) is 5.26 Å².